The zero-order valence-corrected chi connectivity index (χ0v) is 35.2. The van der Waals surface area contributed by atoms with Crippen molar-refractivity contribution in [3.63, 3.8) is 0 Å². The third kappa shape index (κ3) is 6.44. The minimum absolute atomic E-state index is 0.0229. The molecule has 0 fully saturated rings. The van der Waals surface area contributed by atoms with Gasteiger partial charge in [0.2, 0.25) is 0 Å². The van der Waals surface area contributed by atoms with Crippen molar-refractivity contribution in [2.45, 2.75) is 71.6 Å². The molecule has 286 valence electrons. The highest BCUT2D eigenvalue weighted by Crippen LogP contribution is 2.54. The summed E-state index contributed by atoms with van der Waals surface area (Å²) in [7, 11) is 0. The fraction of sp³-hybridized carbons (Fsp3) is 0.193. The molecule has 0 radical (unpaired) electrons. The molecule has 0 aliphatic heterocycles. The van der Waals surface area contributed by atoms with Crippen LogP contribution in [0.5, 0.6) is 0 Å². The number of anilines is 3. The van der Waals surface area contributed by atoms with Crippen LogP contribution in [0.15, 0.2) is 176 Å². The van der Waals surface area contributed by atoms with E-state index in [2.05, 4.69) is 236 Å². The lowest BCUT2D eigenvalue weighted by atomic mass is 9.79. The molecule has 0 aromatic heterocycles. The van der Waals surface area contributed by atoms with Crippen molar-refractivity contribution in [2.75, 3.05) is 4.90 Å². The molecule has 1 heteroatoms. The van der Waals surface area contributed by atoms with Crippen LogP contribution in [0.4, 0.5) is 17.1 Å². The molecule has 0 atom stereocenters. The van der Waals surface area contributed by atoms with Crippen molar-refractivity contribution < 1.29 is 0 Å². The van der Waals surface area contributed by atoms with E-state index >= 15 is 0 Å². The average molecular weight is 752 g/mol. The molecule has 0 heterocycles. The molecular weight excluding hydrogens is 699 g/mol. The van der Waals surface area contributed by atoms with E-state index < -0.39 is 0 Å². The summed E-state index contributed by atoms with van der Waals surface area (Å²) in [4.78, 5) is 2.55. The van der Waals surface area contributed by atoms with Gasteiger partial charge in [0.1, 0.15) is 0 Å². The average Bonchev–Trinajstić information content (AvgIpc) is 3.45. The van der Waals surface area contributed by atoms with Crippen molar-refractivity contribution in [1.29, 1.82) is 0 Å². The standard InChI is InChI=1S/C57H53N/c1-55(2,3)41-29-34-52(49(35-41)39-21-13-10-14-22-39)58(43-30-32-47-46-31-28-42(56(4,5)6)36-50(46)57(7,8)51(47)37-43)53-33-27-40-23-15-16-25-45(40)54(53)48-26-18-17-24-44(48)38-19-11-9-12-20-38/h9-37H,1-8H3. The maximum Gasteiger partial charge on any atom is 0.0546 e. The molecule has 0 spiro atoms. The topological polar surface area (TPSA) is 3.24 Å². The highest BCUT2D eigenvalue weighted by molar-refractivity contribution is 6.09. The van der Waals surface area contributed by atoms with Gasteiger partial charge in [-0.3, -0.25) is 0 Å². The van der Waals surface area contributed by atoms with Crippen LogP contribution in [0.2, 0.25) is 0 Å². The Balaban J connectivity index is 1.37. The number of rotatable bonds is 6. The van der Waals surface area contributed by atoms with E-state index in [4.69, 9.17) is 0 Å². The van der Waals surface area contributed by atoms with Crippen LogP contribution in [0.25, 0.3) is 55.3 Å². The molecule has 0 bridgehead atoms. The third-order valence-corrected chi connectivity index (χ3v) is 12.4. The van der Waals surface area contributed by atoms with Gasteiger partial charge in [-0.25, -0.2) is 0 Å². The Morgan fingerprint density at radius 2 is 0.914 bits per heavy atom. The van der Waals surface area contributed by atoms with E-state index in [-0.39, 0.29) is 16.2 Å². The molecule has 0 unspecified atom stereocenters. The third-order valence-electron chi connectivity index (χ3n) is 12.4. The molecule has 1 aliphatic rings. The van der Waals surface area contributed by atoms with Crippen LogP contribution in [-0.2, 0) is 16.2 Å². The summed E-state index contributed by atoms with van der Waals surface area (Å²) in [6.07, 6.45) is 0. The summed E-state index contributed by atoms with van der Waals surface area (Å²) >= 11 is 0. The van der Waals surface area contributed by atoms with Gasteiger partial charge in [0.15, 0.2) is 0 Å². The van der Waals surface area contributed by atoms with Gasteiger partial charge in [0, 0.05) is 22.2 Å². The molecule has 58 heavy (non-hydrogen) atoms. The Morgan fingerprint density at radius 3 is 1.59 bits per heavy atom. The lowest BCUT2D eigenvalue weighted by Crippen LogP contribution is -2.19. The fourth-order valence-corrected chi connectivity index (χ4v) is 9.09. The van der Waals surface area contributed by atoms with Crippen molar-refractivity contribution >= 4 is 27.8 Å². The highest BCUT2D eigenvalue weighted by atomic mass is 15.1. The second-order valence-electron chi connectivity index (χ2n) is 18.6. The first-order valence-corrected chi connectivity index (χ1v) is 20.8. The van der Waals surface area contributed by atoms with Crippen LogP contribution in [0.3, 0.4) is 0 Å². The van der Waals surface area contributed by atoms with Crippen molar-refractivity contribution in [2.24, 2.45) is 0 Å². The summed E-state index contributed by atoms with van der Waals surface area (Å²) in [5.41, 5.74) is 18.7. The first-order chi connectivity index (χ1) is 27.8. The quantitative estimate of drug-likeness (QED) is 0.164. The minimum Gasteiger partial charge on any atom is -0.309 e. The lowest BCUT2D eigenvalue weighted by Gasteiger charge is -2.33. The molecule has 1 nitrogen and oxygen atoms in total. The summed E-state index contributed by atoms with van der Waals surface area (Å²) < 4.78 is 0. The first-order valence-electron chi connectivity index (χ1n) is 20.8. The van der Waals surface area contributed by atoms with Gasteiger partial charge in [-0.05, 0) is 108 Å². The summed E-state index contributed by atoms with van der Waals surface area (Å²) in [5, 5.41) is 2.44. The van der Waals surface area contributed by atoms with Gasteiger partial charge in [0.05, 0.1) is 11.4 Å². The lowest BCUT2D eigenvalue weighted by molar-refractivity contribution is 0.584. The number of hydrogen-bond acceptors (Lipinski definition) is 1. The van der Waals surface area contributed by atoms with Crippen molar-refractivity contribution in [3.8, 4) is 44.5 Å². The second-order valence-corrected chi connectivity index (χ2v) is 18.6. The van der Waals surface area contributed by atoms with E-state index in [9.17, 15) is 0 Å². The van der Waals surface area contributed by atoms with Gasteiger partial charge in [-0.2, -0.15) is 0 Å². The number of benzene rings is 8. The largest absolute Gasteiger partial charge is 0.309 e. The highest BCUT2D eigenvalue weighted by Gasteiger charge is 2.37. The molecule has 0 saturated carbocycles. The summed E-state index contributed by atoms with van der Waals surface area (Å²) in [5.74, 6) is 0. The van der Waals surface area contributed by atoms with Crippen molar-refractivity contribution in [1.82, 2.24) is 0 Å². The maximum atomic E-state index is 2.55. The Kier molecular flexibility index (Phi) is 9.05. The van der Waals surface area contributed by atoms with E-state index in [1.165, 1.54) is 77.5 Å². The molecule has 1 aliphatic carbocycles. The summed E-state index contributed by atoms with van der Waals surface area (Å²) in [6.45, 7) is 18.7. The van der Waals surface area contributed by atoms with E-state index in [1.54, 1.807) is 0 Å². The zero-order valence-electron chi connectivity index (χ0n) is 35.2. The number of nitrogens with zero attached hydrogens (tertiary/aromatic N) is 1. The van der Waals surface area contributed by atoms with Gasteiger partial charge in [-0.15, -0.1) is 0 Å². The van der Waals surface area contributed by atoms with Gasteiger partial charge in [-0.1, -0.05) is 201 Å². The maximum absolute atomic E-state index is 2.55. The van der Waals surface area contributed by atoms with Gasteiger partial charge in [0.25, 0.3) is 0 Å². The second kappa shape index (κ2) is 14.0. The predicted molar refractivity (Wildman–Crippen MR) is 250 cm³/mol. The SMILES string of the molecule is CC(C)(C)c1ccc(N(c2ccc3c(c2)C(C)(C)c2cc(C(C)(C)C)ccc2-3)c2ccc3ccccc3c2-c2ccccc2-c2ccccc2)c(-c2ccccc2)c1. The minimum atomic E-state index is -0.182. The molecular formula is C57H53N. The normalized spacial score (nSPS) is 13.3. The van der Waals surface area contributed by atoms with E-state index in [1.807, 2.05) is 0 Å². The Hall–Kier alpha value is -6.18. The van der Waals surface area contributed by atoms with Crippen LogP contribution in [0, 0.1) is 0 Å². The van der Waals surface area contributed by atoms with Crippen LogP contribution in [-0.4, -0.2) is 0 Å². The Morgan fingerprint density at radius 1 is 0.397 bits per heavy atom. The number of fused-ring (bicyclic) bond motifs is 4. The van der Waals surface area contributed by atoms with Crippen LogP contribution < -0.4 is 4.90 Å². The molecule has 8 aromatic rings. The fourth-order valence-electron chi connectivity index (χ4n) is 9.09. The molecule has 9 rings (SSSR count). The predicted octanol–water partition coefficient (Wildman–Crippen LogP) is 16.2. The van der Waals surface area contributed by atoms with Crippen LogP contribution in [0.1, 0.15) is 77.6 Å². The summed E-state index contributed by atoms with van der Waals surface area (Å²) in [6, 6.07) is 65.8. The molecule has 8 aromatic carbocycles. The van der Waals surface area contributed by atoms with E-state index in [0.717, 1.165) is 17.1 Å². The smallest absolute Gasteiger partial charge is 0.0546 e. The Bertz CT molecular complexity index is 2810. The zero-order chi connectivity index (χ0) is 40.4. The number of hydrogen-bond donors (Lipinski definition) is 0. The van der Waals surface area contributed by atoms with E-state index in [0.29, 0.717) is 0 Å². The monoisotopic (exact) mass is 751 g/mol. The molecule has 0 amide bonds. The van der Waals surface area contributed by atoms with Crippen LogP contribution >= 0.6 is 0 Å². The molecule has 0 N–H and O–H groups in total. The van der Waals surface area contributed by atoms with Gasteiger partial charge < -0.3 is 4.90 Å². The van der Waals surface area contributed by atoms with Gasteiger partial charge >= 0.3 is 0 Å². The van der Waals surface area contributed by atoms with Crippen molar-refractivity contribution in [3.05, 3.63) is 198 Å². The molecule has 0 saturated heterocycles. The first kappa shape index (κ1) is 37.4. The Labute approximate surface area is 345 Å².